The number of rotatable bonds is 0. The van der Waals surface area contributed by atoms with Crippen molar-refractivity contribution in [2.24, 2.45) is 0 Å². The van der Waals surface area contributed by atoms with Crippen molar-refractivity contribution in [1.29, 1.82) is 0 Å². The van der Waals surface area contributed by atoms with E-state index in [0.717, 1.165) is 16.2 Å². The van der Waals surface area contributed by atoms with Crippen molar-refractivity contribution in [3.8, 4) is 5.75 Å². The van der Waals surface area contributed by atoms with Crippen LogP contribution in [0.15, 0.2) is 23.1 Å². The summed E-state index contributed by atoms with van der Waals surface area (Å²) in [5.41, 5.74) is 1.02. The normalized spacial score (nSPS) is 15.2. The summed E-state index contributed by atoms with van der Waals surface area (Å²) in [5, 5.41) is 0. The highest BCUT2D eigenvalue weighted by atomic mass is 32.2. The van der Waals surface area contributed by atoms with Gasteiger partial charge in [-0.3, -0.25) is 4.79 Å². The number of carbonyl (C=O) groups is 1. The van der Waals surface area contributed by atoms with Crippen LogP contribution in [-0.2, 0) is 4.79 Å². The minimum atomic E-state index is -0.151. The Labute approximate surface area is 74.9 Å². The standard InChI is InChI=1S/C9H8O2S/c1-6-3-2-4-7-9(6)11-8(10)5-12-7/h2-4H,5H2,1H3. The quantitative estimate of drug-likeness (QED) is 0.451. The number of fused-ring (bicyclic) bond motifs is 1. The molecule has 1 aromatic carbocycles. The maximum absolute atomic E-state index is 10.9. The summed E-state index contributed by atoms with van der Waals surface area (Å²) in [6.07, 6.45) is 0. The first kappa shape index (κ1) is 7.68. The van der Waals surface area contributed by atoms with Gasteiger partial charge in [-0.1, -0.05) is 12.1 Å². The molecule has 0 atom stereocenters. The first-order valence-corrected chi connectivity index (χ1v) is 4.69. The highest BCUT2D eigenvalue weighted by Crippen LogP contribution is 2.35. The summed E-state index contributed by atoms with van der Waals surface area (Å²) in [4.78, 5) is 12.0. The molecule has 2 rings (SSSR count). The second kappa shape index (κ2) is 2.83. The van der Waals surface area contributed by atoms with Gasteiger partial charge in [0.25, 0.3) is 0 Å². The zero-order chi connectivity index (χ0) is 8.55. The van der Waals surface area contributed by atoms with E-state index in [9.17, 15) is 4.79 Å². The van der Waals surface area contributed by atoms with Crippen LogP contribution in [0, 0.1) is 6.92 Å². The molecule has 62 valence electrons. The lowest BCUT2D eigenvalue weighted by Crippen LogP contribution is -2.15. The van der Waals surface area contributed by atoms with E-state index in [1.807, 2.05) is 25.1 Å². The van der Waals surface area contributed by atoms with E-state index < -0.39 is 0 Å². The van der Waals surface area contributed by atoms with Gasteiger partial charge in [-0.05, 0) is 18.6 Å². The summed E-state index contributed by atoms with van der Waals surface area (Å²) in [6.45, 7) is 1.94. The molecule has 0 amide bonds. The molecule has 1 aliphatic rings. The summed E-state index contributed by atoms with van der Waals surface area (Å²) < 4.78 is 5.10. The van der Waals surface area contributed by atoms with E-state index in [2.05, 4.69) is 0 Å². The molecule has 0 saturated heterocycles. The van der Waals surface area contributed by atoms with Crippen LogP contribution in [0.3, 0.4) is 0 Å². The molecule has 1 aromatic rings. The average Bonchev–Trinajstić information content (AvgIpc) is 2.07. The fourth-order valence-corrected chi connectivity index (χ4v) is 1.99. The number of benzene rings is 1. The number of para-hydroxylation sites is 1. The second-order valence-electron chi connectivity index (χ2n) is 2.66. The fraction of sp³-hybridized carbons (Fsp3) is 0.222. The maximum atomic E-state index is 10.9. The molecular formula is C9H8O2S. The van der Waals surface area contributed by atoms with Gasteiger partial charge in [0.1, 0.15) is 5.75 Å². The number of hydrogen-bond donors (Lipinski definition) is 0. The Bertz CT molecular complexity index is 333. The van der Waals surface area contributed by atoms with Crippen molar-refractivity contribution in [3.63, 3.8) is 0 Å². The lowest BCUT2D eigenvalue weighted by molar-refractivity contribution is -0.131. The Morgan fingerprint density at radius 1 is 1.50 bits per heavy atom. The van der Waals surface area contributed by atoms with Crippen molar-refractivity contribution < 1.29 is 9.53 Å². The minimum Gasteiger partial charge on any atom is -0.424 e. The molecule has 0 aliphatic carbocycles. The van der Waals surface area contributed by atoms with Crippen molar-refractivity contribution in [2.45, 2.75) is 11.8 Å². The van der Waals surface area contributed by atoms with E-state index in [0.29, 0.717) is 5.75 Å². The van der Waals surface area contributed by atoms with Gasteiger partial charge in [0.2, 0.25) is 0 Å². The van der Waals surface area contributed by atoms with Crippen LogP contribution < -0.4 is 4.74 Å². The van der Waals surface area contributed by atoms with Crippen molar-refractivity contribution in [3.05, 3.63) is 23.8 Å². The predicted molar refractivity (Wildman–Crippen MR) is 47.5 cm³/mol. The first-order valence-electron chi connectivity index (χ1n) is 3.70. The van der Waals surface area contributed by atoms with Gasteiger partial charge >= 0.3 is 5.97 Å². The summed E-state index contributed by atoms with van der Waals surface area (Å²) >= 11 is 1.54. The van der Waals surface area contributed by atoms with E-state index in [1.54, 1.807) is 0 Å². The Balaban J connectivity index is 2.50. The van der Waals surface area contributed by atoms with Gasteiger partial charge in [0, 0.05) is 0 Å². The molecule has 0 saturated carbocycles. The Morgan fingerprint density at radius 2 is 2.33 bits per heavy atom. The third kappa shape index (κ3) is 1.20. The SMILES string of the molecule is Cc1cccc2c1OC(=O)CS2. The zero-order valence-corrected chi connectivity index (χ0v) is 7.48. The third-order valence-electron chi connectivity index (χ3n) is 1.74. The van der Waals surface area contributed by atoms with Crippen molar-refractivity contribution in [1.82, 2.24) is 0 Å². The van der Waals surface area contributed by atoms with Crippen LogP contribution in [0.2, 0.25) is 0 Å². The number of esters is 1. The van der Waals surface area contributed by atoms with Gasteiger partial charge < -0.3 is 4.74 Å². The molecule has 2 nitrogen and oxygen atoms in total. The van der Waals surface area contributed by atoms with Crippen LogP contribution >= 0.6 is 11.8 Å². The van der Waals surface area contributed by atoms with Gasteiger partial charge in [-0.15, -0.1) is 11.8 Å². The molecule has 0 aromatic heterocycles. The predicted octanol–water partition coefficient (Wildman–Crippen LogP) is 2.01. The maximum Gasteiger partial charge on any atom is 0.321 e. The van der Waals surface area contributed by atoms with Gasteiger partial charge in [-0.2, -0.15) is 0 Å². The molecule has 1 heterocycles. The second-order valence-corrected chi connectivity index (χ2v) is 3.68. The molecule has 0 spiro atoms. The van der Waals surface area contributed by atoms with Crippen molar-refractivity contribution in [2.75, 3.05) is 5.75 Å². The number of aryl methyl sites for hydroxylation is 1. The Morgan fingerprint density at radius 3 is 3.17 bits per heavy atom. The highest BCUT2D eigenvalue weighted by molar-refractivity contribution is 8.00. The lowest BCUT2D eigenvalue weighted by atomic mass is 10.2. The zero-order valence-electron chi connectivity index (χ0n) is 6.66. The summed E-state index contributed by atoms with van der Waals surface area (Å²) in [5.74, 6) is 1.01. The first-order chi connectivity index (χ1) is 5.77. The van der Waals surface area contributed by atoms with Gasteiger partial charge in [-0.25, -0.2) is 0 Å². The largest absolute Gasteiger partial charge is 0.424 e. The Hall–Kier alpha value is -0.960. The van der Waals surface area contributed by atoms with Crippen molar-refractivity contribution >= 4 is 17.7 Å². The Kier molecular flexibility index (Phi) is 1.81. The third-order valence-corrected chi connectivity index (χ3v) is 2.75. The van der Waals surface area contributed by atoms with E-state index in [-0.39, 0.29) is 5.97 Å². The molecule has 0 bridgehead atoms. The van der Waals surface area contributed by atoms with Crippen LogP contribution in [0.5, 0.6) is 5.75 Å². The molecule has 0 radical (unpaired) electrons. The minimum absolute atomic E-state index is 0.151. The number of hydrogen-bond acceptors (Lipinski definition) is 3. The number of thioether (sulfide) groups is 1. The van der Waals surface area contributed by atoms with Gasteiger partial charge in [0.15, 0.2) is 0 Å². The molecule has 0 fully saturated rings. The number of ether oxygens (including phenoxy) is 1. The number of carbonyl (C=O) groups excluding carboxylic acids is 1. The van der Waals surface area contributed by atoms with Crippen LogP contribution in [-0.4, -0.2) is 11.7 Å². The van der Waals surface area contributed by atoms with Gasteiger partial charge in [0.05, 0.1) is 10.6 Å². The highest BCUT2D eigenvalue weighted by Gasteiger charge is 2.18. The molecule has 12 heavy (non-hydrogen) atoms. The van der Waals surface area contributed by atoms with Crippen LogP contribution in [0.4, 0.5) is 0 Å². The van der Waals surface area contributed by atoms with E-state index >= 15 is 0 Å². The fourth-order valence-electron chi connectivity index (χ4n) is 1.15. The van der Waals surface area contributed by atoms with E-state index in [1.165, 1.54) is 11.8 Å². The summed E-state index contributed by atoms with van der Waals surface area (Å²) in [6, 6.07) is 5.89. The monoisotopic (exact) mass is 180 g/mol. The average molecular weight is 180 g/mol. The van der Waals surface area contributed by atoms with Crippen LogP contribution in [0.25, 0.3) is 0 Å². The molecular weight excluding hydrogens is 172 g/mol. The molecule has 1 aliphatic heterocycles. The smallest absolute Gasteiger partial charge is 0.321 e. The van der Waals surface area contributed by atoms with Crippen LogP contribution in [0.1, 0.15) is 5.56 Å². The topological polar surface area (TPSA) is 26.3 Å². The van der Waals surface area contributed by atoms with E-state index in [4.69, 9.17) is 4.74 Å². The molecule has 3 heteroatoms. The summed E-state index contributed by atoms with van der Waals surface area (Å²) in [7, 11) is 0. The molecule has 0 N–H and O–H groups in total. The lowest BCUT2D eigenvalue weighted by Gasteiger charge is -2.16. The molecule has 0 unspecified atom stereocenters.